The van der Waals surface area contributed by atoms with Gasteiger partial charge in [0.2, 0.25) is 0 Å². The number of ether oxygens (including phenoxy) is 1. The van der Waals surface area contributed by atoms with Crippen LogP contribution in [0.5, 0.6) is 5.75 Å². The summed E-state index contributed by atoms with van der Waals surface area (Å²) in [5.74, 6) is -0.474. The van der Waals surface area contributed by atoms with Gasteiger partial charge in [-0.1, -0.05) is 35.0 Å². The smallest absolute Gasteiger partial charge is 0.387 e. The first-order valence-corrected chi connectivity index (χ1v) is 7.58. The van der Waals surface area contributed by atoms with Crippen LogP contribution < -0.4 is 10.1 Å². The number of alkyl halides is 2. The van der Waals surface area contributed by atoms with Crippen molar-refractivity contribution >= 4 is 29.4 Å². The van der Waals surface area contributed by atoms with Gasteiger partial charge in [0.15, 0.2) is 6.61 Å². The molecule has 0 radical (unpaired) electrons. The minimum absolute atomic E-state index is 0.0383. The van der Waals surface area contributed by atoms with Gasteiger partial charge in [-0.3, -0.25) is 4.79 Å². The van der Waals surface area contributed by atoms with Crippen LogP contribution in [0.2, 0.25) is 5.02 Å². The van der Waals surface area contributed by atoms with Gasteiger partial charge in [0.05, 0.1) is 6.21 Å². The molecular weight excluding hydrogens is 354 g/mol. The fourth-order valence-corrected chi connectivity index (χ4v) is 2.03. The third-order valence-electron chi connectivity index (χ3n) is 3.05. The molecule has 1 N–H and O–H groups in total. The molecule has 8 heteroatoms. The van der Waals surface area contributed by atoms with Crippen LogP contribution in [-0.2, 0) is 9.63 Å². The molecule has 0 saturated heterocycles. The van der Waals surface area contributed by atoms with E-state index in [4.69, 9.17) is 16.4 Å². The van der Waals surface area contributed by atoms with Crippen molar-refractivity contribution in [1.82, 2.24) is 0 Å². The monoisotopic (exact) mass is 368 g/mol. The molecule has 1 amide bonds. The summed E-state index contributed by atoms with van der Waals surface area (Å²) in [7, 11) is 0. The highest BCUT2D eigenvalue weighted by atomic mass is 35.5. The van der Waals surface area contributed by atoms with Crippen LogP contribution in [0.15, 0.2) is 47.6 Å². The standard InChI is InChI=1S/C17H15ClF2N2O3/c1-11-6-7-13(8-14(11)18)22-16(23)10-24-21-9-12-4-2-3-5-15(12)25-17(19)20/h2-9,17H,10H2,1H3,(H,22,23)/b21-9-. The Balaban J connectivity index is 1.86. The highest BCUT2D eigenvalue weighted by Gasteiger charge is 2.08. The molecule has 0 atom stereocenters. The number of carbonyl (C=O) groups is 1. The van der Waals surface area contributed by atoms with Gasteiger partial charge < -0.3 is 14.9 Å². The molecule has 0 aromatic heterocycles. The summed E-state index contributed by atoms with van der Waals surface area (Å²) in [6.45, 7) is -1.44. The van der Waals surface area contributed by atoms with Crippen molar-refractivity contribution in [2.45, 2.75) is 13.5 Å². The Morgan fingerprint density at radius 3 is 2.80 bits per heavy atom. The second-order valence-corrected chi connectivity index (χ2v) is 5.34. The number of nitrogens with one attached hydrogen (secondary N) is 1. The molecule has 0 saturated carbocycles. The molecule has 0 heterocycles. The normalized spacial score (nSPS) is 10.9. The Morgan fingerprint density at radius 1 is 1.32 bits per heavy atom. The zero-order valence-corrected chi connectivity index (χ0v) is 14.0. The van der Waals surface area contributed by atoms with Crippen molar-refractivity contribution in [3.63, 3.8) is 0 Å². The molecule has 5 nitrogen and oxygen atoms in total. The van der Waals surface area contributed by atoms with E-state index in [1.807, 2.05) is 6.92 Å². The van der Waals surface area contributed by atoms with Crippen LogP contribution in [0, 0.1) is 6.92 Å². The first kappa shape index (κ1) is 18.7. The molecule has 0 aliphatic rings. The van der Waals surface area contributed by atoms with E-state index >= 15 is 0 Å². The SMILES string of the molecule is Cc1ccc(NC(=O)CO/N=C\c2ccccc2OC(F)F)cc1Cl. The molecule has 2 rings (SSSR count). The van der Waals surface area contributed by atoms with E-state index in [1.54, 1.807) is 30.3 Å². The minimum Gasteiger partial charge on any atom is -0.434 e. The number of hydrogen-bond acceptors (Lipinski definition) is 4. The quantitative estimate of drug-likeness (QED) is 0.587. The number of nitrogens with zero attached hydrogens (tertiary/aromatic N) is 1. The molecule has 0 aliphatic carbocycles. The van der Waals surface area contributed by atoms with Crippen LogP contribution in [0.4, 0.5) is 14.5 Å². The lowest BCUT2D eigenvalue weighted by atomic mass is 10.2. The first-order valence-electron chi connectivity index (χ1n) is 7.21. The van der Waals surface area contributed by atoms with E-state index in [2.05, 4.69) is 15.2 Å². The summed E-state index contributed by atoms with van der Waals surface area (Å²) in [6.07, 6.45) is 1.19. The minimum atomic E-state index is -2.94. The van der Waals surface area contributed by atoms with Crippen molar-refractivity contribution in [3.05, 3.63) is 58.6 Å². The number of benzene rings is 2. The molecule has 0 unspecified atom stereocenters. The van der Waals surface area contributed by atoms with E-state index in [0.717, 1.165) is 5.56 Å². The topological polar surface area (TPSA) is 59.9 Å². The number of rotatable bonds is 7. The van der Waals surface area contributed by atoms with Crippen molar-refractivity contribution in [2.24, 2.45) is 5.16 Å². The number of aryl methyl sites for hydroxylation is 1. The summed E-state index contributed by atoms with van der Waals surface area (Å²) in [6, 6.07) is 11.2. The number of oxime groups is 1. The van der Waals surface area contributed by atoms with E-state index < -0.39 is 12.5 Å². The summed E-state index contributed by atoms with van der Waals surface area (Å²) < 4.78 is 28.9. The number of para-hydroxylation sites is 1. The molecular formula is C17H15ClF2N2O3. The summed E-state index contributed by atoms with van der Waals surface area (Å²) in [5.41, 5.74) is 1.72. The van der Waals surface area contributed by atoms with Crippen LogP contribution in [0.3, 0.4) is 0 Å². The number of anilines is 1. The van der Waals surface area contributed by atoms with Crippen molar-refractivity contribution in [3.8, 4) is 5.75 Å². The number of hydrogen-bond donors (Lipinski definition) is 1. The molecule has 2 aromatic rings. The summed E-state index contributed by atoms with van der Waals surface area (Å²) in [5, 5.41) is 6.72. The molecule has 0 fully saturated rings. The van der Waals surface area contributed by atoms with Gasteiger partial charge in [-0.25, -0.2) is 0 Å². The Labute approximate surface area is 148 Å². The second kappa shape index (κ2) is 8.98. The lowest BCUT2D eigenvalue weighted by Crippen LogP contribution is -2.17. The first-order chi connectivity index (χ1) is 12.0. The number of carbonyl (C=O) groups excluding carboxylic acids is 1. The number of halogens is 3. The van der Waals surface area contributed by atoms with Crippen molar-refractivity contribution in [1.29, 1.82) is 0 Å². The Kier molecular flexibility index (Phi) is 6.71. The average Bonchev–Trinajstić information content (AvgIpc) is 2.56. The van der Waals surface area contributed by atoms with Crippen molar-refractivity contribution in [2.75, 3.05) is 11.9 Å². The van der Waals surface area contributed by atoms with Crippen LogP contribution in [0.1, 0.15) is 11.1 Å². The van der Waals surface area contributed by atoms with Gasteiger partial charge in [0.25, 0.3) is 5.91 Å². The zero-order chi connectivity index (χ0) is 18.2. The molecule has 0 spiro atoms. The van der Waals surface area contributed by atoms with E-state index in [0.29, 0.717) is 16.3 Å². The van der Waals surface area contributed by atoms with E-state index in [1.165, 1.54) is 18.3 Å². The molecule has 0 bridgehead atoms. The third kappa shape index (κ3) is 6.04. The average molecular weight is 369 g/mol. The zero-order valence-electron chi connectivity index (χ0n) is 13.2. The maximum Gasteiger partial charge on any atom is 0.387 e. The summed E-state index contributed by atoms with van der Waals surface area (Å²) >= 11 is 5.97. The second-order valence-electron chi connectivity index (χ2n) is 4.94. The Bertz CT molecular complexity index is 769. The van der Waals surface area contributed by atoms with Crippen LogP contribution in [0.25, 0.3) is 0 Å². The summed E-state index contributed by atoms with van der Waals surface area (Å²) in [4.78, 5) is 16.6. The fourth-order valence-electron chi connectivity index (χ4n) is 1.85. The van der Waals surface area contributed by atoms with Gasteiger partial charge in [-0.15, -0.1) is 0 Å². The highest BCUT2D eigenvalue weighted by Crippen LogP contribution is 2.20. The number of amides is 1. The lowest BCUT2D eigenvalue weighted by molar-refractivity contribution is -0.120. The van der Waals surface area contributed by atoms with E-state index in [9.17, 15) is 13.6 Å². The molecule has 25 heavy (non-hydrogen) atoms. The third-order valence-corrected chi connectivity index (χ3v) is 3.46. The largest absolute Gasteiger partial charge is 0.434 e. The lowest BCUT2D eigenvalue weighted by Gasteiger charge is -2.07. The van der Waals surface area contributed by atoms with Crippen molar-refractivity contribution < 1.29 is 23.1 Å². The molecule has 2 aromatic carbocycles. The van der Waals surface area contributed by atoms with E-state index in [-0.39, 0.29) is 12.4 Å². The van der Waals surface area contributed by atoms with Gasteiger partial charge in [-0.05, 0) is 36.8 Å². The maximum absolute atomic E-state index is 12.3. The predicted molar refractivity (Wildman–Crippen MR) is 91.4 cm³/mol. The Hall–Kier alpha value is -2.67. The van der Waals surface area contributed by atoms with Gasteiger partial charge in [0.1, 0.15) is 5.75 Å². The fraction of sp³-hybridized carbons (Fsp3) is 0.176. The Morgan fingerprint density at radius 2 is 2.08 bits per heavy atom. The van der Waals surface area contributed by atoms with Crippen LogP contribution >= 0.6 is 11.6 Å². The van der Waals surface area contributed by atoms with Crippen LogP contribution in [-0.4, -0.2) is 25.3 Å². The van der Waals surface area contributed by atoms with Gasteiger partial charge in [-0.2, -0.15) is 8.78 Å². The van der Waals surface area contributed by atoms with Gasteiger partial charge >= 0.3 is 6.61 Å². The molecule has 0 aliphatic heterocycles. The maximum atomic E-state index is 12.3. The molecule has 132 valence electrons. The highest BCUT2D eigenvalue weighted by molar-refractivity contribution is 6.31. The predicted octanol–water partition coefficient (Wildman–Crippen LogP) is 4.24. The van der Waals surface area contributed by atoms with Gasteiger partial charge in [0, 0.05) is 16.3 Å².